The summed E-state index contributed by atoms with van der Waals surface area (Å²) in [4.78, 5) is 11.5. The molecule has 0 atom stereocenters. The third-order valence-corrected chi connectivity index (χ3v) is 4.31. The molecule has 6 heteroatoms. The summed E-state index contributed by atoms with van der Waals surface area (Å²) < 4.78 is 21.9. The lowest BCUT2D eigenvalue weighted by atomic mass is 10.4. The molecule has 0 rings (SSSR count). The minimum Gasteiger partial charge on any atom is -0.458 e. The second-order valence-corrected chi connectivity index (χ2v) is 6.36. The molecule has 0 aromatic carbocycles. The zero-order valence-electron chi connectivity index (χ0n) is 11.9. The highest BCUT2D eigenvalue weighted by atomic mass is 28.4. The number of ether oxygens (including phenoxy) is 1. The van der Waals surface area contributed by atoms with Gasteiger partial charge >= 0.3 is 14.8 Å². The smallest absolute Gasteiger partial charge is 0.458 e. The van der Waals surface area contributed by atoms with Crippen molar-refractivity contribution in [3.63, 3.8) is 0 Å². The standard InChI is InChI=1S/C14H22O5Si/c1-6-9-17-20(18-10-7-2,19-11-8-3)12-16-14(15)13(4)5/h6-8H,1-4,9-12H2,5H3. The summed E-state index contributed by atoms with van der Waals surface area (Å²) >= 11 is 0. The molecule has 0 saturated heterocycles. The second kappa shape index (κ2) is 10.3. The maximum absolute atomic E-state index is 11.5. The van der Waals surface area contributed by atoms with E-state index >= 15 is 0 Å². The summed E-state index contributed by atoms with van der Waals surface area (Å²) in [6.45, 7) is 16.5. The molecule has 112 valence electrons. The van der Waals surface area contributed by atoms with Crippen LogP contribution in [-0.2, 0) is 22.8 Å². The molecule has 0 aliphatic rings. The summed E-state index contributed by atoms with van der Waals surface area (Å²) in [5.41, 5.74) is 0.295. The Balaban J connectivity index is 4.86. The van der Waals surface area contributed by atoms with Gasteiger partial charge in [-0.3, -0.25) is 0 Å². The van der Waals surface area contributed by atoms with Crippen LogP contribution in [0.2, 0.25) is 0 Å². The van der Waals surface area contributed by atoms with Gasteiger partial charge in [-0.15, -0.1) is 19.7 Å². The van der Waals surface area contributed by atoms with Crippen LogP contribution in [0.1, 0.15) is 6.92 Å². The van der Waals surface area contributed by atoms with E-state index in [0.29, 0.717) is 5.57 Å². The topological polar surface area (TPSA) is 54.0 Å². The van der Waals surface area contributed by atoms with Gasteiger partial charge in [0.05, 0.1) is 19.8 Å². The van der Waals surface area contributed by atoms with E-state index in [9.17, 15) is 4.79 Å². The normalized spacial score (nSPS) is 10.7. The quantitative estimate of drug-likeness (QED) is 0.239. The largest absolute Gasteiger partial charge is 0.541 e. The van der Waals surface area contributed by atoms with Crippen molar-refractivity contribution in [1.82, 2.24) is 0 Å². The minimum absolute atomic E-state index is 0.103. The summed E-state index contributed by atoms with van der Waals surface area (Å²) in [5, 5.41) is 0. The van der Waals surface area contributed by atoms with Gasteiger partial charge in [-0.2, -0.15) is 0 Å². The fourth-order valence-electron chi connectivity index (χ4n) is 1.08. The minimum atomic E-state index is -3.17. The summed E-state index contributed by atoms with van der Waals surface area (Å²) in [7, 11) is -3.17. The Kier molecular flexibility index (Phi) is 9.57. The fraction of sp³-hybridized carbons (Fsp3) is 0.357. The monoisotopic (exact) mass is 298 g/mol. The molecular formula is C14H22O5Si. The highest BCUT2D eigenvalue weighted by Crippen LogP contribution is 2.12. The van der Waals surface area contributed by atoms with Crippen molar-refractivity contribution in [2.45, 2.75) is 6.92 Å². The SMILES string of the molecule is C=CCO[Si](COC(=O)C(=C)C)(OCC=C)OCC=C. The Hall–Kier alpha value is -1.47. The molecule has 0 aromatic heterocycles. The Morgan fingerprint density at radius 3 is 1.70 bits per heavy atom. The maximum atomic E-state index is 11.5. The highest BCUT2D eigenvalue weighted by molar-refractivity contribution is 6.60. The van der Waals surface area contributed by atoms with Crippen LogP contribution >= 0.6 is 0 Å². The van der Waals surface area contributed by atoms with Crippen LogP contribution in [0.3, 0.4) is 0 Å². The predicted octanol–water partition coefficient (Wildman–Crippen LogP) is 2.19. The van der Waals surface area contributed by atoms with Crippen LogP contribution < -0.4 is 0 Å². The first-order chi connectivity index (χ1) is 9.51. The lowest BCUT2D eigenvalue weighted by Crippen LogP contribution is -2.51. The molecule has 0 aliphatic carbocycles. The highest BCUT2D eigenvalue weighted by Gasteiger charge is 2.43. The van der Waals surface area contributed by atoms with Gasteiger partial charge < -0.3 is 18.0 Å². The molecule has 0 bridgehead atoms. The van der Waals surface area contributed by atoms with Crippen LogP contribution in [0.4, 0.5) is 0 Å². The van der Waals surface area contributed by atoms with Gasteiger partial charge in [-0.25, -0.2) is 4.79 Å². The molecule has 0 heterocycles. The third-order valence-electron chi connectivity index (χ3n) is 1.99. The van der Waals surface area contributed by atoms with Crippen LogP contribution in [-0.4, -0.2) is 40.8 Å². The Labute approximate surface area is 121 Å². The summed E-state index contributed by atoms with van der Waals surface area (Å²) in [6.07, 6.45) is 4.60. The van der Waals surface area contributed by atoms with Crippen LogP contribution in [0.5, 0.6) is 0 Å². The van der Waals surface area contributed by atoms with Crippen molar-refractivity contribution in [2.24, 2.45) is 0 Å². The number of carbonyl (C=O) groups excluding carboxylic acids is 1. The fourth-order valence-corrected chi connectivity index (χ4v) is 3.01. The molecule has 0 aliphatic heterocycles. The van der Waals surface area contributed by atoms with Gasteiger partial charge in [0.25, 0.3) is 0 Å². The van der Waals surface area contributed by atoms with Gasteiger partial charge in [-0.1, -0.05) is 24.8 Å². The van der Waals surface area contributed by atoms with E-state index in [2.05, 4.69) is 26.3 Å². The Morgan fingerprint density at radius 1 is 1.00 bits per heavy atom. The van der Waals surface area contributed by atoms with Crippen molar-refractivity contribution in [3.05, 3.63) is 50.1 Å². The van der Waals surface area contributed by atoms with E-state index in [1.165, 1.54) is 0 Å². The van der Waals surface area contributed by atoms with Crippen molar-refractivity contribution in [3.8, 4) is 0 Å². The lowest BCUT2D eigenvalue weighted by Gasteiger charge is -2.27. The first-order valence-corrected chi connectivity index (χ1v) is 8.01. The van der Waals surface area contributed by atoms with Gasteiger partial charge in [0.1, 0.15) is 0 Å². The van der Waals surface area contributed by atoms with E-state index < -0.39 is 14.8 Å². The summed E-state index contributed by atoms with van der Waals surface area (Å²) in [6, 6.07) is 0. The predicted molar refractivity (Wildman–Crippen MR) is 80.0 cm³/mol. The van der Waals surface area contributed by atoms with Gasteiger partial charge in [0, 0.05) is 5.57 Å². The maximum Gasteiger partial charge on any atom is 0.541 e. The molecule has 0 radical (unpaired) electrons. The van der Waals surface area contributed by atoms with Crippen LogP contribution in [0.15, 0.2) is 50.1 Å². The molecule has 0 aromatic rings. The van der Waals surface area contributed by atoms with Crippen molar-refractivity contribution < 1.29 is 22.8 Å². The van der Waals surface area contributed by atoms with Crippen molar-refractivity contribution in [1.29, 1.82) is 0 Å². The lowest BCUT2D eigenvalue weighted by molar-refractivity contribution is -0.138. The zero-order chi connectivity index (χ0) is 15.4. The van der Waals surface area contributed by atoms with Crippen molar-refractivity contribution in [2.75, 3.05) is 26.1 Å². The second-order valence-electron chi connectivity index (χ2n) is 3.84. The average Bonchev–Trinajstić information content (AvgIpc) is 2.45. The first kappa shape index (κ1) is 18.5. The third kappa shape index (κ3) is 7.20. The Bertz CT molecular complexity index is 333. The van der Waals surface area contributed by atoms with Crippen LogP contribution in [0.25, 0.3) is 0 Å². The van der Waals surface area contributed by atoms with E-state index in [0.717, 1.165) is 0 Å². The molecule has 5 nitrogen and oxygen atoms in total. The van der Waals surface area contributed by atoms with Gasteiger partial charge in [0.15, 0.2) is 6.23 Å². The van der Waals surface area contributed by atoms with Crippen molar-refractivity contribution >= 4 is 14.8 Å². The molecule has 0 unspecified atom stereocenters. The zero-order valence-corrected chi connectivity index (χ0v) is 12.9. The number of esters is 1. The number of rotatable bonds is 12. The molecule has 0 amide bonds. The van der Waals surface area contributed by atoms with Gasteiger partial charge in [-0.05, 0) is 6.92 Å². The molecule has 0 spiro atoms. The molecule has 0 saturated carbocycles. The van der Waals surface area contributed by atoms with Crippen LogP contribution in [0, 0.1) is 0 Å². The van der Waals surface area contributed by atoms with E-state index in [-0.39, 0.29) is 26.1 Å². The molecule has 0 fully saturated rings. The molecule has 0 N–H and O–H groups in total. The molecule has 20 heavy (non-hydrogen) atoms. The Morgan fingerprint density at radius 2 is 1.40 bits per heavy atom. The number of hydrogen-bond donors (Lipinski definition) is 0. The first-order valence-electron chi connectivity index (χ1n) is 6.08. The van der Waals surface area contributed by atoms with E-state index in [1.807, 2.05) is 0 Å². The molecular weight excluding hydrogens is 276 g/mol. The average molecular weight is 298 g/mol. The number of carbonyl (C=O) groups is 1. The summed E-state index contributed by atoms with van der Waals surface area (Å²) in [5.74, 6) is -0.520. The van der Waals surface area contributed by atoms with Gasteiger partial charge in [0.2, 0.25) is 0 Å². The number of hydrogen-bond acceptors (Lipinski definition) is 5. The van der Waals surface area contributed by atoms with E-state index in [1.54, 1.807) is 25.2 Å². The van der Waals surface area contributed by atoms with E-state index in [4.69, 9.17) is 18.0 Å².